The fourth-order valence-electron chi connectivity index (χ4n) is 3.52. The Morgan fingerprint density at radius 1 is 1.25 bits per heavy atom. The normalized spacial score (nSPS) is 55.1. The zero-order valence-corrected chi connectivity index (χ0v) is 7.36. The number of allylic oxidation sites excluding steroid dienone is 2. The fraction of sp³-hybridized carbons (Fsp3) is 0.727. The zero-order valence-electron chi connectivity index (χ0n) is 7.36. The Hall–Kier alpha value is -0.590. The standard InChI is InChI=1S/C11H14O/c1-6-4-9-7-2-3-8(5-7)10(9)11(6)12/h2-3,6-10H,4-5H2,1H3/t6?,7-,8+,9?,10?/m1/s1. The minimum atomic E-state index is 0.352. The number of rotatable bonds is 0. The lowest BCUT2D eigenvalue weighted by molar-refractivity contribution is -0.124. The highest BCUT2D eigenvalue weighted by Gasteiger charge is 2.53. The van der Waals surface area contributed by atoms with Gasteiger partial charge in [0.05, 0.1) is 0 Å². The van der Waals surface area contributed by atoms with Crippen LogP contribution in [0.4, 0.5) is 0 Å². The molecule has 0 heterocycles. The predicted octanol–water partition coefficient (Wildman–Crippen LogP) is 2.03. The Labute approximate surface area is 72.8 Å². The summed E-state index contributed by atoms with van der Waals surface area (Å²) in [5.41, 5.74) is 0. The summed E-state index contributed by atoms with van der Waals surface area (Å²) in [6, 6.07) is 0. The monoisotopic (exact) mass is 162 g/mol. The molecule has 3 rings (SSSR count). The van der Waals surface area contributed by atoms with Gasteiger partial charge in [-0.1, -0.05) is 19.1 Å². The molecule has 1 heteroatoms. The molecule has 0 aromatic heterocycles. The van der Waals surface area contributed by atoms with Crippen molar-refractivity contribution in [3.8, 4) is 0 Å². The Bertz CT molecular complexity index is 266. The lowest BCUT2D eigenvalue weighted by Gasteiger charge is -2.17. The van der Waals surface area contributed by atoms with E-state index in [2.05, 4.69) is 19.1 Å². The molecule has 0 N–H and O–H groups in total. The third-order valence-corrected chi connectivity index (χ3v) is 4.06. The van der Waals surface area contributed by atoms with Crippen molar-refractivity contribution in [3.05, 3.63) is 12.2 Å². The van der Waals surface area contributed by atoms with Gasteiger partial charge in [0.25, 0.3) is 0 Å². The highest BCUT2D eigenvalue weighted by molar-refractivity contribution is 5.87. The number of ketones is 1. The van der Waals surface area contributed by atoms with E-state index in [9.17, 15) is 4.79 Å². The summed E-state index contributed by atoms with van der Waals surface area (Å²) in [4.78, 5) is 11.7. The molecule has 12 heavy (non-hydrogen) atoms. The SMILES string of the molecule is CC1CC2C(C1=O)[C@H]1C=C[C@@H]2C1. The van der Waals surface area contributed by atoms with Gasteiger partial charge in [-0.25, -0.2) is 0 Å². The second kappa shape index (κ2) is 2.01. The number of fused-ring (bicyclic) bond motifs is 5. The van der Waals surface area contributed by atoms with E-state index >= 15 is 0 Å². The van der Waals surface area contributed by atoms with Crippen LogP contribution in [-0.4, -0.2) is 5.78 Å². The Kier molecular flexibility index (Phi) is 1.15. The van der Waals surface area contributed by atoms with Gasteiger partial charge in [0.2, 0.25) is 0 Å². The van der Waals surface area contributed by atoms with Gasteiger partial charge in [0, 0.05) is 11.8 Å². The van der Waals surface area contributed by atoms with Gasteiger partial charge >= 0.3 is 0 Å². The van der Waals surface area contributed by atoms with Crippen LogP contribution in [0.2, 0.25) is 0 Å². The quantitative estimate of drug-likeness (QED) is 0.498. The topological polar surface area (TPSA) is 17.1 Å². The molecule has 2 bridgehead atoms. The van der Waals surface area contributed by atoms with Crippen LogP contribution in [0.15, 0.2) is 12.2 Å². The fourth-order valence-corrected chi connectivity index (χ4v) is 3.52. The van der Waals surface area contributed by atoms with Crippen LogP contribution in [0, 0.1) is 29.6 Å². The van der Waals surface area contributed by atoms with Crippen molar-refractivity contribution in [2.24, 2.45) is 29.6 Å². The van der Waals surface area contributed by atoms with E-state index in [-0.39, 0.29) is 0 Å². The summed E-state index contributed by atoms with van der Waals surface area (Å²) in [6.45, 7) is 2.10. The number of Topliss-reactive ketones (excluding diaryl/α,β-unsaturated/α-hetero) is 1. The first kappa shape index (κ1) is 6.88. The van der Waals surface area contributed by atoms with Crippen molar-refractivity contribution in [2.45, 2.75) is 19.8 Å². The van der Waals surface area contributed by atoms with Crippen LogP contribution in [0.25, 0.3) is 0 Å². The minimum Gasteiger partial charge on any atom is -0.299 e. The summed E-state index contributed by atoms with van der Waals surface area (Å²) < 4.78 is 0. The third-order valence-electron chi connectivity index (χ3n) is 4.06. The maximum absolute atomic E-state index is 11.7. The molecule has 0 amide bonds. The van der Waals surface area contributed by atoms with Gasteiger partial charge in [0.1, 0.15) is 5.78 Å². The summed E-state index contributed by atoms with van der Waals surface area (Å²) >= 11 is 0. The van der Waals surface area contributed by atoms with Crippen LogP contribution >= 0.6 is 0 Å². The number of carbonyl (C=O) groups is 1. The average molecular weight is 162 g/mol. The Morgan fingerprint density at radius 3 is 2.75 bits per heavy atom. The maximum atomic E-state index is 11.7. The van der Waals surface area contributed by atoms with Crippen LogP contribution < -0.4 is 0 Å². The molecule has 0 aliphatic heterocycles. The maximum Gasteiger partial charge on any atom is 0.139 e. The minimum absolute atomic E-state index is 0.352. The molecular formula is C11H14O. The smallest absolute Gasteiger partial charge is 0.139 e. The van der Waals surface area contributed by atoms with Crippen LogP contribution in [0.3, 0.4) is 0 Å². The molecule has 3 aliphatic carbocycles. The Balaban J connectivity index is 2.00. The summed E-state index contributed by atoms with van der Waals surface area (Å²) in [7, 11) is 0. The van der Waals surface area contributed by atoms with E-state index in [1.54, 1.807) is 0 Å². The lowest BCUT2D eigenvalue weighted by atomic mass is 9.86. The van der Waals surface area contributed by atoms with Gasteiger partial charge in [0.15, 0.2) is 0 Å². The molecule has 5 atom stereocenters. The first-order valence-corrected chi connectivity index (χ1v) is 4.99. The molecule has 3 aliphatic rings. The molecule has 0 saturated heterocycles. The van der Waals surface area contributed by atoms with E-state index in [4.69, 9.17) is 0 Å². The van der Waals surface area contributed by atoms with Gasteiger partial charge < -0.3 is 0 Å². The molecule has 64 valence electrons. The van der Waals surface area contributed by atoms with Crippen LogP contribution in [0.5, 0.6) is 0 Å². The van der Waals surface area contributed by atoms with E-state index < -0.39 is 0 Å². The number of carbonyl (C=O) groups excluding carboxylic acids is 1. The molecule has 0 aromatic carbocycles. The van der Waals surface area contributed by atoms with Crippen LogP contribution in [0.1, 0.15) is 19.8 Å². The molecule has 1 nitrogen and oxygen atoms in total. The molecule has 3 unspecified atom stereocenters. The summed E-state index contributed by atoms with van der Waals surface area (Å²) in [6.07, 6.45) is 7.06. The lowest BCUT2D eigenvalue weighted by Crippen LogP contribution is -2.20. The van der Waals surface area contributed by atoms with E-state index in [1.165, 1.54) is 6.42 Å². The summed E-state index contributed by atoms with van der Waals surface area (Å²) in [5.74, 6) is 3.44. The Morgan fingerprint density at radius 2 is 2.00 bits per heavy atom. The third kappa shape index (κ3) is 0.634. The first-order chi connectivity index (χ1) is 5.77. The predicted molar refractivity (Wildman–Crippen MR) is 46.5 cm³/mol. The van der Waals surface area contributed by atoms with Crippen molar-refractivity contribution in [1.29, 1.82) is 0 Å². The average Bonchev–Trinajstić information content (AvgIpc) is 2.66. The molecule has 2 fully saturated rings. The van der Waals surface area contributed by atoms with Gasteiger partial charge in [-0.05, 0) is 30.6 Å². The van der Waals surface area contributed by atoms with Gasteiger partial charge in [-0.2, -0.15) is 0 Å². The highest BCUT2D eigenvalue weighted by atomic mass is 16.1. The van der Waals surface area contributed by atoms with Crippen molar-refractivity contribution in [2.75, 3.05) is 0 Å². The van der Waals surface area contributed by atoms with Gasteiger partial charge in [-0.3, -0.25) is 4.79 Å². The number of hydrogen-bond acceptors (Lipinski definition) is 1. The van der Waals surface area contributed by atoms with Crippen molar-refractivity contribution >= 4 is 5.78 Å². The van der Waals surface area contributed by atoms with Crippen molar-refractivity contribution in [3.63, 3.8) is 0 Å². The van der Waals surface area contributed by atoms with Crippen LogP contribution in [-0.2, 0) is 4.79 Å². The van der Waals surface area contributed by atoms with Gasteiger partial charge in [-0.15, -0.1) is 0 Å². The summed E-state index contributed by atoms with van der Waals surface area (Å²) in [5, 5.41) is 0. The largest absolute Gasteiger partial charge is 0.299 e. The number of hydrogen-bond donors (Lipinski definition) is 0. The van der Waals surface area contributed by atoms with E-state index in [0.29, 0.717) is 23.5 Å². The van der Waals surface area contributed by atoms with Crippen molar-refractivity contribution < 1.29 is 4.79 Å². The molecule has 0 aromatic rings. The van der Waals surface area contributed by atoms with E-state index in [0.717, 1.165) is 18.3 Å². The molecular weight excluding hydrogens is 148 g/mol. The zero-order chi connectivity index (χ0) is 8.29. The second-order valence-corrected chi connectivity index (χ2v) is 4.68. The highest BCUT2D eigenvalue weighted by Crippen LogP contribution is 2.55. The molecule has 0 radical (unpaired) electrons. The second-order valence-electron chi connectivity index (χ2n) is 4.68. The van der Waals surface area contributed by atoms with E-state index in [1.807, 2.05) is 0 Å². The first-order valence-electron chi connectivity index (χ1n) is 4.99. The molecule has 0 spiro atoms. The molecule has 2 saturated carbocycles. The van der Waals surface area contributed by atoms with Crippen molar-refractivity contribution in [1.82, 2.24) is 0 Å².